The third-order valence-corrected chi connectivity index (χ3v) is 5.18. The molecule has 0 spiro atoms. The number of para-hydroxylation sites is 1. The third-order valence-electron chi connectivity index (χ3n) is 4.93. The fourth-order valence-corrected chi connectivity index (χ4v) is 3.77. The fourth-order valence-electron chi connectivity index (χ4n) is 3.64. The first-order chi connectivity index (χ1) is 12.2. The van der Waals surface area contributed by atoms with Crippen molar-refractivity contribution in [2.24, 2.45) is 0 Å². The summed E-state index contributed by atoms with van der Waals surface area (Å²) >= 11 is 6.02. The van der Waals surface area contributed by atoms with Crippen LogP contribution in [0.15, 0.2) is 48.5 Å². The number of nitrogens with one attached hydrogen (secondary N) is 1. The van der Waals surface area contributed by atoms with E-state index in [0.29, 0.717) is 0 Å². The van der Waals surface area contributed by atoms with E-state index in [1.54, 1.807) is 0 Å². The standard InChI is InChI=1S/C19H20ClN5/c1-14-6-2-3-7-17(14)25-18(22-23-24-25)19(12-4-5-13-19)21-16-10-8-15(20)9-11-16/h2-3,6-11,21H,4-5,12-13H2,1H3. The maximum atomic E-state index is 6.02. The van der Waals surface area contributed by atoms with E-state index in [1.807, 2.05) is 41.1 Å². The van der Waals surface area contributed by atoms with Crippen LogP contribution in [0.5, 0.6) is 0 Å². The minimum absolute atomic E-state index is 0.264. The van der Waals surface area contributed by atoms with Crippen LogP contribution in [0.1, 0.15) is 37.1 Å². The SMILES string of the molecule is Cc1ccccc1-n1nnnc1C1(Nc2ccc(Cl)cc2)CCCC1. The van der Waals surface area contributed by atoms with Gasteiger partial charge in [-0.3, -0.25) is 0 Å². The van der Waals surface area contributed by atoms with Crippen LogP contribution in [0.2, 0.25) is 5.02 Å². The summed E-state index contributed by atoms with van der Waals surface area (Å²) in [4.78, 5) is 0. The van der Waals surface area contributed by atoms with Crippen molar-refractivity contribution in [1.82, 2.24) is 20.2 Å². The Morgan fingerprint density at radius 3 is 2.48 bits per heavy atom. The van der Waals surface area contributed by atoms with Gasteiger partial charge in [-0.25, -0.2) is 0 Å². The molecule has 1 saturated carbocycles. The van der Waals surface area contributed by atoms with Gasteiger partial charge in [-0.1, -0.05) is 42.6 Å². The molecule has 1 fully saturated rings. The average Bonchev–Trinajstić information content (AvgIpc) is 3.27. The molecule has 1 aromatic heterocycles. The van der Waals surface area contributed by atoms with Gasteiger partial charge < -0.3 is 5.32 Å². The zero-order chi connectivity index (χ0) is 17.3. The number of halogens is 1. The van der Waals surface area contributed by atoms with Gasteiger partial charge in [0.2, 0.25) is 0 Å². The summed E-state index contributed by atoms with van der Waals surface area (Å²) in [5, 5.41) is 17.1. The van der Waals surface area contributed by atoms with Gasteiger partial charge in [-0.05, 0) is 66.1 Å². The van der Waals surface area contributed by atoms with E-state index in [1.165, 1.54) is 0 Å². The molecule has 0 bridgehead atoms. The molecular formula is C19H20ClN5. The number of tetrazole rings is 1. The van der Waals surface area contributed by atoms with Gasteiger partial charge in [-0.15, -0.1) is 5.10 Å². The topological polar surface area (TPSA) is 55.6 Å². The molecule has 0 saturated heterocycles. The summed E-state index contributed by atoms with van der Waals surface area (Å²) in [6.07, 6.45) is 4.31. The van der Waals surface area contributed by atoms with Crippen LogP contribution in [0.25, 0.3) is 5.69 Å². The van der Waals surface area contributed by atoms with E-state index >= 15 is 0 Å². The molecule has 25 heavy (non-hydrogen) atoms. The van der Waals surface area contributed by atoms with Crippen molar-refractivity contribution in [3.63, 3.8) is 0 Å². The molecule has 6 heteroatoms. The van der Waals surface area contributed by atoms with Crippen LogP contribution in [0.3, 0.4) is 0 Å². The van der Waals surface area contributed by atoms with Crippen LogP contribution in [0.4, 0.5) is 5.69 Å². The lowest BCUT2D eigenvalue weighted by molar-refractivity contribution is 0.461. The Morgan fingerprint density at radius 1 is 1.04 bits per heavy atom. The largest absolute Gasteiger partial charge is 0.373 e. The molecule has 1 N–H and O–H groups in total. The maximum absolute atomic E-state index is 6.02. The number of anilines is 1. The molecule has 3 aromatic rings. The second kappa shape index (κ2) is 6.48. The first-order valence-corrected chi connectivity index (χ1v) is 8.94. The van der Waals surface area contributed by atoms with Crippen molar-refractivity contribution in [2.45, 2.75) is 38.1 Å². The zero-order valence-electron chi connectivity index (χ0n) is 14.1. The van der Waals surface area contributed by atoms with Crippen molar-refractivity contribution in [3.8, 4) is 5.69 Å². The van der Waals surface area contributed by atoms with Crippen molar-refractivity contribution < 1.29 is 0 Å². The van der Waals surface area contributed by atoms with E-state index in [9.17, 15) is 0 Å². The van der Waals surface area contributed by atoms with Crippen LogP contribution in [-0.4, -0.2) is 20.2 Å². The molecule has 4 rings (SSSR count). The lowest BCUT2D eigenvalue weighted by Crippen LogP contribution is -2.35. The molecular weight excluding hydrogens is 334 g/mol. The minimum atomic E-state index is -0.264. The highest BCUT2D eigenvalue weighted by molar-refractivity contribution is 6.30. The van der Waals surface area contributed by atoms with Gasteiger partial charge in [0.05, 0.1) is 11.2 Å². The molecule has 1 heterocycles. The fraction of sp³-hybridized carbons (Fsp3) is 0.316. The summed E-state index contributed by atoms with van der Waals surface area (Å²) in [5.74, 6) is 0.870. The molecule has 0 aliphatic heterocycles. The number of hydrogen-bond acceptors (Lipinski definition) is 4. The van der Waals surface area contributed by atoms with E-state index in [4.69, 9.17) is 11.6 Å². The predicted octanol–water partition coefficient (Wildman–Crippen LogP) is 4.51. The molecule has 0 atom stereocenters. The Bertz CT molecular complexity index is 866. The average molecular weight is 354 g/mol. The van der Waals surface area contributed by atoms with Crippen molar-refractivity contribution in [2.75, 3.05) is 5.32 Å². The van der Waals surface area contributed by atoms with E-state index in [0.717, 1.165) is 53.5 Å². The Morgan fingerprint density at radius 2 is 1.76 bits per heavy atom. The van der Waals surface area contributed by atoms with E-state index < -0.39 is 0 Å². The van der Waals surface area contributed by atoms with Crippen LogP contribution in [-0.2, 0) is 5.54 Å². The first kappa shape index (κ1) is 16.1. The normalized spacial score (nSPS) is 16.1. The first-order valence-electron chi connectivity index (χ1n) is 8.57. The molecule has 0 radical (unpaired) electrons. The van der Waals surface area contributed by atoms with Gasteiger partial charge >= 0.3 is 0 Å². The lowest BCUT2D eigenvalue weighted by atomic mass is 9.95. The summed E-state index contributed by atoms with van der Waals surface area (Å²) in [5.41, 5.74) is 2.94. The molecule has 5 nitrogen and oxygen atoms in total. The number of aromatic nitrogens is 4. The molecule has 1 aliphatic carbocycles. The molecule has 0 amide bonds. The maximum Gasteiger partial charge on any atom is 0.181 e. The number of rotatable bonds is 4. The smallest absolute Gasteiger partial charge is 0.181 e. The highest BCUT2D eigenvalue weighted by Crippen LogP contribution is 2.41. The molecule has 1 aliphatic rings. The summed E-state index contributed by atoms with van der Waals surface area (Å²) in [7, 11) is 0. The summed E-state index contributed by atoms with van der Waals surface area (Å²) < 4.78 is 1.88. The van der Waals surface area contributed by atoms with Crippen molar-refractivity contribution >= 4 is 17.3 Å². The van der Waals surface area contributed by atoms with Gasteiger partial charge in [0, 0.05) is 10.7 Å². The van der Waals surface area contributed by atoms with Gasteiger partial charge in [-0.2, -0.15) is 4.68 Å². The second-order valence-corrected chi connectivity index (χ2v) is 7.06. The Kier molecular flexibility index (Phi) is 4.17. The number of aryl methyl sites for hydroxylation is 1. The molecule has 2 aromatic carbocycles. The summed E-state index contributed by atoms with van der Waals surface area (Å²) in [6.45, 7) is 2.08. The van der Waals surface area contributed by atoms with E-state index in [2.05, 4.69) is 39.9 Å². The zero-order valence-corrected chi connectivity index (χ0v) is 14.9. The second-order valence-electron chi connectivity index (χ2n) is 6.62. The van der Waals surface area contributed by atoms with Gasteiger partial charge in [0.25, 0.3) is 0 Å². The Hall–Kier alpha value is -2.40. The Balaban J connectivity index is 1.76. The summed E-state index contributed by atoms with van der Waals surface area (Å²) in [6, 6.07) is 16.0. The quantitative estimate of drug-likeness (QED) is 0.750. The Labute approximate surface area is 152 Å². The van der Waals surface area contributed by atoms with Gasteiger partial charge in [0.1, 0.15) is 0 Å². The van der Waals surface area contributed by atoms with Crippen LogP contribution >= 0.6 is 11.6 Å². The van der Waals surface area contributed by atoms with Crippen LogP contribution < -0.4 is 5.32 Å². The number of nitrogens with zero attached hydrogens (tertiary/aromatic N) is 4. The van der Waals surface area contributed by atoms with Crippen molar-refractivity contribution in [3.05, 3.63) is 64.9 Å². The highest BCUT2D eigenvalue weighted by atomic mass is 35.5. The monoisotopic (exact) mass is 353 g/mol. The van der Waals surface area contributed by atoms with Crippen LogP contribution in [0, 0.1) is 6.92 Å². The molecule has 0 unspecified atom stereocenters. The van der Waals surface area contributed by atoms with Crippen molar-refractivity contribution in [1.29, 1.82) is 0 Å². The van der Waals surface area contributed by atoms with E-state index in [-0.39, 0.29) is 5.54 Å². The minimum Gasteiger partial charge on any atom is -0.373 e. The number of hydrogen-bond donors (Lipinski definition) is 1. The third kappa shape index (κ3) is 3.00. The predicted molar refractivity (Wildman–Crippen MR) is 99.1 cm³/mol. The van der Waals surface area contributed by atoms with Gasteiger partial charge in [0.15, 0.2) is 5.82 Å². The molecule has 128 valence electrons. The lowest BCUT2D eigenvalue weighted by Gasteiger charge is -2.30. The highest BCUT2D eigenvalue weighted by Gasteiger charge is 2.41. The number of benzene rings is 2.